The van der Waals surface area contributed by atoms with Crippen molar-refractivity contribution in [3.63, 3.8) is 0 Å². The summed E-state index contributed by atoms with van der Waals surface area (Å²) in [5.74, 6) is 0.436. The molecule has 1 aliphatic rings. The van der Waals surface area contributed by atoms with Crippen LogP contribution in [0.4, 0.5) is 13.2 Å². The van der Waals surface area contributed by atoms with Gasteiger partial charge >= 0.3 is 6.18 Å². The van der Waals surface area contributed by atoms with Crippen LogP contribution in [0.25, 0.3) is 11.4 Å². The number of amides is 1. The summed E-state index contributed by atoms with van der Waals surface area (Å²) in [5.41, 5.74) is -0.431. The number of benzene rings is 2. The van der Waals surface area contributed by atoms with Crippen LogP contribution in [0.3, 0.4) is 0 Å². The number of hydrogen-bond acceptors (Lipinski definition) is 3. The molecule has 2 heterocycles. The zero-order chi connectivity index (χ0) is 19.9. The average Bonchev–Trinajstić information content (AvgIpc) is 3.13. The smallest absolute Gasteiger partial charge is 0.327 e. The molecule has 1 aliphatic heterocycles. The van der Waals surface area contributed by atoms with E-state index in [1.54, 1.807) is 11.6 Å². The van der Waals surface area contributed by atoms with Crippen LogP contribution in [0, 0.1) is 0 Å². The van der Waals surface area contributed by atoms with Gasteiger partial charge in [-0.05, 0) is 19.1 Å². The summed E-state index contributed by atoms with van der Waals surface area (Å²) in [4.78, 5) is 18.9. The lowest BCUT2D eigenvalue weighted by molar-refractivity contribution is -0.138. The molecule has 144 valence electrons. The zero-order valence-electron chi connectivity index (χ0n) is 15.0. The second-order valence-electron chi connectivity index (χ2n) is 6.60. The highest BCUT2D eigenvalue weighted by molar-refractivity contribution is 5.96. The Morgan fingerprint density at radius 2 is 1.71 bits per heavy atom. The Morgan fingerprint density at radius 3 is 2.43 bits per heavy atom. The number of carbonyl (C=O) groups excluding carboxylic acids is 1. The third kappa shape index (κ3) is 3.15. The Labute approximate surface area is 159 Å². The fourth-order valence-electron chi connectivity index (χ4n) is 3.42. The molecule has 8 heteroatoms. The summed E-state index contributed by atoms with van der Waals surface area (Å²) < 4.78 is 41.6. The van der Waals surface area contributed by atoms with Crippen LogP contribution in [0.1, 0.15) is 34.7 Å². The zero-order valence-corrected chi connectivity index (χ0v) is 15.0. The third-order valence-corrected chi connectivity index (χ3v) is 4.85. The van der Waals surface area contributed by atoms with Crippen molar-refractivity contribution >= 4 is 5.91 Å². The highest BCUT2D eigenvalue weighted by atomic mass is 19.4. The van der Waals surface area contributed by atoms with Gasteiger partial charge in [0.2, 0.25) is 0 Å². The lowest BCUT2D eigenvalue weighted by Crippen LogP contribution is -2.42. The van der Waals surface area contributed by atoms with Crippen LogP contribution in [0.15, 0.2) is 54.6 Å². The molecule has 0 fully saturated rings. The van der Waals surface area contributed by atoms with Gasteiger partial charge in [-0.1, -0.05) is 42.5 Å². The van der Waals surface area contributed by atoms with Crippen molar-refractivity contribution in [3.8, 4) is 11.4 Å². The minimum Gasteiger partial charge on any atom is -0.327 e. The maximum Gasteiger partial charge on any atom is 0.417 e. The first-order chi connectivity index (χ1) is 13.4. The highest BCUT2D eigenvalue weighted by Gasteiger charge is 2.38. The minimum absolute atomic E-state index is 0.261. The first-order valence-electron chi connectivity index (χ1n) is 8.83. The average molecular weight is 386 g/mol. The normalized spacial score (nSPS) is 16.7. The van der Waals surface area contributed by atoms with Gasteiger partial charge in [-0.3, -0.25) is 4.79 Å². The van der Waals surface area contributed by atoms with Crippen molar-refractivity contribution in [1.82, 2.24) is 19.7 Å². The molecule has 2 aromatic carbocycles. The van der Waals surface area contributed by atoms with E-state index in [4.69, 9.17) is 0 Å². The minimum atomic E-state index is -4.59. The van der Waals surface area contributed by atoms with Crippen molar-refractivity contribution in [1.29, 1.82) is 0 Å². The van der Waals surface area contributed by atoms with Crippen molar-refractivity contribution < 1.29 is 18.0 Å². The summed E-state index contributed by atoms with van der Waals surface area (Å²) in [5, 5.41) is 4.48. The number of fused-ring (bicyclic) bond motifs is 1. The molecule has 1 amide bonds. The Morgan fingerprint density at radius 1 is 1.04 bits per heavy atom. The monoisotopic (exact) mass is 386 g/mol. The molecule has 0 N–H and O–H groups in total. The van der Waals surface area contributed by atoms with E-state index in [9.17, 15) is 18.0 Å². The van der Waals surface area contributed by atoms with Gasteiger partial charge in [-0.15, -0.1) is 0 Å². The van der Waals surface area contributed by atoms with Crippen LogP contribution >= 0.6 is 0 Å². The molecule has 1 atom stereocenters. The van der Waals surface area contributed by atoms with Crippen LogP contribution in [0.5, 0.6) is 0 Å². The van der Waals surface area contributed by atoms with E-state index in [1.165, 1.54) is 23.1 Å². The largest absolute Gasteiger partial charge is 0.417 e. The van der Waals surface area contributed by atoms with Crippen molar-refractivity contribution in [3.05, 3.63) is 71.5 Å². The van der Waals surface area contributed by atoms with Gasteiger partial charge in [0.05, 0.1) is 23.7 Å². The molecule has 1 aromatic heterocycles. The quantitative estimate of drug-likeness (QED) is 0.664. The molecule has 0 spiro atoms. The summed E-state index contributed by atoms with van der Waals surface area (Å²) in [6, 6.07) is 13.8. The van der Waals surface area contributed by atoms with Gasteiger partial charge in [-0.25, -0.2) is 9.67 Å². The Kier molecular flexibility index (Phi) is 4.41. The van der Waals surface area contributed by atoms with E-state index in [0.29, 0.717) is 18.2 Å². The van der Waals surface area contributed by atoms with Gasteiger partial charge in [0, 0.05) is 12.1 Å². The highest BCUT2D eigenvalue weighted by Crippen LogP contribution is 2.34. The Balaban J connectivity index is 1.66. The molecule has 0 aliphatic carbocycles. The van der Waals surface area contributed by atoms with Gasteiger partial charge in [0.25, 0.3) is 5.91 Å². The number of halogens is 3. The molecule has 3 aromatic rings. The topological polar surface area (TPSA) is 51.0 Å². The number of rotatable bonds is 2. The summed E-state index contributed by atoms with van der Waals surface area (Å²) in [6.07, 6.45) is -4.59. The molecule has 0 radical (unpaired) electrons. The predicted molar refractivity (Wildman–Crippen MR) is 96.4 cm³/mol. The maximum atomic E-state index is 13.3. The van der Waals surface area contributed by atoms with Crippen molar-refractivity contribution in [2.75, 3.05) is 6.54 Å². The van der Waals surface area contributed by atoms with Gasteiger partial charge < -0.3 is 4.90 Å². The van der Waals surface area contributed by atoms with Crippen LogP contribution in [-0.2, 0) is 12.7 Å². The van der Waals surface area contributed by atoms with E-state index in [1.807, 2.05) is 30.3 Å². The fraction of sp³-hybridized carbons (Fsp3) is 0.250. The van der Waals surface area contributed by atoms with Gasteiger partial charge in [-0.2, -0.15) is 18.3 Å². The van der Waals surface area contributed by atoms with Crippen LogP contribution in [-0.4, -0.2) is 32.1 Å². The standard InChI is InChI=1S/C20H17F3N4O/c1-13-18-24-17(14-7-3-2-4-8-14)25-27(18)12-11-26(13)19(28)15-9-5-6-10-16(15)20(21,22)23/h2-10,13H,11-12H2,1H3/t13-/m0/s1. The maximum absolute atomic E-state index is 13.3. The molecule has 0 saturated heterocycles. The molecule has 5 nitrogen and oxygen atoms in total. The second kappa shape index (κ2) is 6.78. The third-order valence-electron chi connectivity index (χ3n) is 4.85. The van der Waals surface area contributed by atoms with Crippen molar-refractivity contribution in [2.45, 2.75) is 25.7 Å². The first kappa shape index (κ1) is 18.2. The molecule has 4 rings (SSSR count). The Bertz CT molecular complexity index is 1010. The number of hydrogen-bond donors (Lipinski definition) is 0. The lowest BCUT2D eigenvalue weighted by atomic mass is 10.0. The molecule has 0 bridgehead atoms. The molecule has 0 unspecified atom stereocenters. The molecular weight excluding hydrogens is 369 g/mol. The number of carbonyl (C=O) groups is 1. The SMILES string of the molecule is C[C@H]1c2nc(-c3ccccc3)nn2CCN1C(=O)c1ccccc1C(F)(F)F. The summed E-state index contributed by atoms with van der Waals surface area (Å²) >= 11 is 0. The molecule has 28 heavy (non-hydrogen) atoms. The van der Waals surface area contributed by atoms with Gasteiger partial charge in [0.15, 0.2) is 5.82 Å². The van der Waals surface area contributed by atoms with Crippen LogP contribution < -0.4 is 0 Å². The van der Waals surface area contributed by atoms with E-state index in [0.717, 1.165) is 11.6 Å². The number of nitrogens with zero attached hydrogens (tertiary/aromatic N) is 4. The van der Waals surface area contributed by atoms with E-state index < -0.39 is 23.7 Å². The van der Waals surface area contributed by atoms with Crippen molar-refractivity contribution in [2.24, 2.45) is 0 Å². The molecule has 0 saturated carbocycles. The fourth-order valence-corrected chi connectivity index (χ4v) is 3.42. The number of aromatic nitrogens is 3. The molecular formula is C20H17F3N4O. The summed E-state index contributed by atoms with van der Waals surface area (Å²) in [6.45, 7) is 2.39. The lowest BCUT2D eigenvalue weighted by Gasteiger charge is -2.33. The Hall–Kier alpha value is -3.16. The van der Waals surface area contributed by atoms with E-state index >= 15 is 0 Å². The van der Waals surface area contributed by atoms with Crippen LogP contribution in [0.2, 0.25) is 0 Å². The van der Waals surface area contributed by atoms with E-state index in [2.05, 4.69) is 10.1 Å². The second-order valence-corrected chi connectivity index (χ2v) is 6.60. The first-order valence-corrected chi connectivity index (χ1v) is 8.83. The van der Waals surface area contributed by atoms with Gasteiger partial charge in [0.1, 0.15) is 5.82 Å². The summed E-state index contributed by atoms with van der Waals surface area (Å²) in [7, 11) is 0. The van der Waals surface area contributed by atoms with E-state index in [-0.39, 0.29) is 12.1 Å². The predicted octanol–water partition coefficient (Wildman–Crippen LogP) is 4.18. The number of alkyl halides is 3.